The molecule has 1 atom stereocenters. The van der Waals surface area contributed by atoms with Crippen LogP contribution in [0.25, 0.3) is 22.5 Å². The van der Waals surface area contributed by atoms with Crippen molar-refractivity contribution in [1.82, 2.24) is 40.3 Å². The summed E-state index contributed by atoms with van der Waals surface area (Å²) in [5.74, 6) is 1.03. The first kappa shape index (κ1) is 25.7. The van der Waals surface area contributed by atoms with Crippen LogP contribution in [0.5, 0.6) is 0 Å². The Morgan fingerprint density at radius 2 is 1.73 bits per heavy atom. The number of aromatic amines is 1. The van der Waals surface area contributed by atoms with Gasteiger partial charge in [-0.1, -0.05) is 37.1 Å². The van der Waals surface area contributed by atoms with Crippen LogP contribution < -0.4 is 10.6 Å². The van der Waals surface area contributed by atoms with E-state index >= 15 is 0 Å². The van der Waals surface area contributed by atoms with Gasteiger partial charge in [0.05, 0.1) is 30.0 Å². The summed E-state index contributed by atoms with van der Waals surface area (Å²) in [5, 5.41) is 10.2. The molecule has 3 aromatic heterocycles. The van der Waals surface area contributed by atoms with Gasteiger partial charge >= 0.3 is 0 Å². The molecule has 192 valence electrons. The molecule has 4 rings (SSSR count). The number of benzene rings is 1. The van der Waals surface area contributed by atoms with Crippen molar-refractivity contribution in [3.8, 4) is 22.5 Å². The number of H-pyrrole nitrogens is 1. The lowest BCUT2D eigenvalue weighted by atomic mass is 10.1. The number of rotatable bonds is 12. The molecule has 0 aliphatic heterocycles. The van der Waals surface area contributed by atoms with Crippen molar-refractivity contribution in [2.45, 2.75) is 44.6 Å². The number of nitrogens with zero attached hydrogens (tertiary/aromatic N) is 5. The highest BCUT2D eigenvalue weighted by Gasteiger charge is 2.19. The molecule has 0 fully saturated rings. The predicted molar refractivity (Wildman–Crippen MR) is 140 cm³/mol. The molecule has 0 aliphatic rings. The van der Waals surface area contributed by atoms with Crippen LogP contribution in [0.2, 0.25) is 0 Å². The Hall–Kier alpha value is -4.34. The Morgan fingerprint density at radius 3 is 2.43 bits per heavy atom. The second-order valence-corrected chi connectivity index (χ2v) is 8.87. The lowest BCUT2D eigenvalue weighted by molar-refractivity contribution is -0.121. The molecule has 0 radical (unpaired) electrons. The molecule has 3 heterocycles. The maximum Gasteiger partial charge on any atom is 0.228 e. The van der Waals surface area contributed by atoms with E-state index in [1.165, 1.54) is 0 Å². The fourth-order valence-electron chi connectivity index (χ4n) is 4.07. The summed E-state index contributed by atoms with van der Waals surface area (Å²) in [6.07, 6.45) is 10.8. The van der Waals surface area contributed by atoms with Crippen LogP contribution in [0.3, 0.4) is 0 Å². The zero-order valence-corrected chi connectivity index (χ0v) is 21.1. The summed E-state index contributed by atoms with van der Waals surface area (Å²) in [6.45, 7) is 0. The van der Waals surface area contributed by atoms with E-state index in [1.807, 2.05) is 43.6 Å². The van der Waals surface area contributed by atoms with Gasteiger partial charge in [0.1, 0.15) is 11.6 Å². The monoisotopic (exact) mass is 500 g/mol. The molecule has 0 aliphatic carbocycles. The summed E-state index contributed by atoms with van der Waals surface area (Å²) in [4.78, 5) is 40.5. The SMILES string of the molecule is CNC(=O)CCCCC[C@H](NC(=O)Cc1ncccn1)c1ncc(-c2ccc(-c3ccn(C)n3)cc2)[nH]1. The minimum absolute atomic E-state index is 0.0393. The number of carbonyl (C=O) groups is 2. The van der Waals surface area contributed by atoms with Gasteiger partial charge in [-0.05, 0) is 30.5 Å². The van der Waals surface area contributed by atoms with Gasteiger partial charge in [0, 0.05) is 44.7 Å². The van der Waals surface area contributed by atoms with Crippen molar-refractivity contribution in [3.63, 3.8) is 0 Å². The summed E-state index contributed by atoms with van der Waals surface area (Å²) in [7, 11) is 3.54. The third-order valence-corrected chi connectivity index (χ3v) is 6.08. The quantitative estimate of drug-likeness (QED) is 0.256. The molecule has 0 saturated heterocycles. The molecule has 2 amide bonds. The number of amides is 2. The summed E-state index contributed by atoms with van der Waals surface area (Å²) in [5.41, 5.74) is 3.81. The van der Waals surface area contributed by atoms with Gasteiger partial charge in [0.2, 0.25) is 11.8 Å². The number of unbranched alkanes of at least 4 members (excludes halogenated alkanes) is 2. The molecule has 0 saturated carbocycles. The molecule has 10 heteroatoms. The number of aromatic nitrogens is 6. The standard InChI is InChI=1S/C27H32N8O2/c1-28-25(36)8-5-3-4-7-22(32-26(37)17-24-29-14-6-15-30-24)27-31-18-23(33-27)20-11-9-19(10-12-20)21-13-16-35(2)34-21/h6,9-16,18,22H,3-5,7-8,17H2,1-2H3,(H,28,36)(H,31,33)(H,32,37)/t22-/m0/s1. The van der Waals surface area contributed by atoms with Crippen molar-refractivity contribution in [2.75, 3.05) is 7.05 Å². The highest BCUT2D eigenvalue weighted by molar-refractivity contribution is 5.78. The third-order valence-electron chi connectivity index (χ3n) is 6.08. The first-order valence-corrected chi connectivity index (χ1v) is 12.4. The zero-order chi connectivity index (χ0) is 26.0. The minimum atomic E-state index is -0.294. The van der Waals surface area contributed by atoms with Gasteiger partial charge in [0.25, 0.3) is 0 Å². The predicted octanol–water partition coefficient (Wildman–Crippen LogP) is 3.36. The molecule has 0 unspecified atom stereocenters. The van der Waals surface area contributed by atoms with Gasteiger partial charge in [-0.25, -0.2) is 15.0 Å². The van der Waals surface area contributed by atoms with Gasteiger partial charge in [0.15, 0.2) is 0 Å². The van der Waals surface area contributed by atoms with Gasteiger partial charge in [-0.3, -0.25) is 14.3 Å². The van der Waals surface area contributed by atoms with Crippen LogP contribution in [-0.2, 0) is 23.1 Å². The van der Waals surface area contributed by atoms with E-state index in [9.17, 15) is 9.59 Å². The number of nitrogens with one attached hydrogen (secondary N) is 3. The second-order valence-electron chi connectivity index (χ2n) is 8.87. The molecular formula is C27H32N8O2. The van der Waals surface area contributed by atoms with E-state index < -0.39 is 0 Å². The zero-order valence-electron chi connectivity index (χ0n) is 21.1. The third kappa shape index (κ3) is 7.33. The molecule has 4 aromatic rings. The van der Waals surface area contributed by atoms with Crippen molar-refractivity contribution in [2.24, 2.45) is 7.05 Å². The Morgan fingerprint density at radius 1 is 0.973 bits per heavy atom. The number of hydrogen-bond donors (Lipinski definition) is 3. The van der Waals surface area contributed by atoms with Crippen LogP contribution in [0.1, 0.15) is 49.8 Å². The number of imidazole rings is 1. The molecule has 1 aromatic carbocycles. The smallest absolute Gasteiger partial charge is 0.228 e. The van der Waals surface area contributed by atoms with E-state index in [0.29, 0.717) is 24.5 Å². The van der Waals surface area contributed by atoms with Gasteiger partial charge in [-0.15, -0.1) is 0 Å². The summed E-state index contributed by atoms with van der Waals surface area (Å²) in [6, 6.07) is 11.5. The van der Waals surface area contributed by atoms with Crippen LogP contribution in [0.15, 0.2) is 61.2 Å². The number of aryl methyl sites for hydroxylation is 1. The Balaban J connectivity index is 1.44. The Labute approximate surface area is 216 Å². The molecule has 0 bridgehead atoms. The van der Waals surface area contributed by atoms with E-state index in [1.54, 1.807) is 36.4 Å². The average molecular weight is 501 g/mol. The first-order valence-electron chi connectivity index (χ1n) is 12.4. The fraction of sp³-hybridized carbons (Fsp3) is 0.333. The number of hydrogen-bond acceptors (Lipinski definition) is 6. The van der Waals surface area contributed by atoms with E-state index in [0.717, 1.165) is 41.8 Å². The highest BCUT2D eigenvalue weighted by atomic mass is 16.2. The lowest BCUT2D eigenvalue weighted by Gasteiger charge is -2.17. The molecule has 3 N–H and O–H groups in total. The number of carbonyl (C=O) groups excluding carboxylic acids is 2. The van der Waals surface area contributed by atoms with E-state index in [4.69, 9.17) is 0 Å². The summed E-state index contributed by atoms with van der Waals surface area (Å²) < 4.78 is 1.78. The van der Waals surface area contributed by atoms with Crippen LogP contribution in [0, 0.1) is 0 Å². The minimum Gasteiger partial charge on any atom is -0.359 e. The van der Waals surface area contributed by atoms with Crippen molar-refractivity contribution in [1.29, 1.82) is 0 Å². The largest absolute Gasteiger partial charge is 0.359 e. The fourth-order valence-corrected chi connectivity index (χ4v) is 4.07. The molecule has 10 nitrogen and oxygen atoms in total. The maximum atomic E-state index is 12.8. The van der Waals surface area contributed by atoms with E-state index in [2.05, 4.69) is 35.7 Å². The van der Waals surface area contributed by atoms with Gasteiger partial charge in [-0.2, -0.15) is 5.10 Å². The lowest BCUT2D eigenvalue weighted by Crippen LogP contribution is -2.31. The van der Waals surface area contributed by atoms with Crippen LogP contribution in [0.4, 0.5) is 0 Å². The van der Waals surface area contributed by atoms with Crippen LogP contribution in [-0.4, -0.2) is 48.6 Å². The molecular weight excluding hydrogens is 468 g/mol. The summed E-state index contributed by atoms with van der Waals surface area (Å²) >= 11 is 0. The van der Waals surface area contributed by atoms with Gasteiger partial charge < -0.3 is 15.6 Å². The normalized spacial score (nSPS) is 11.7. The topological polar surface area (TPSA) is 130 Å². The van der Waals surface area contributed by atoms with Crippen molar-refractivity contribution in [3.05, 3.63) is 72.8 Å². The first-order chi connectivity index (χ1) is 18.0. The average Bonchev–Trinajstić information content (AvgIpc) is 3.58. The van der Waals surface area contributed by atoms with Crippen molar-refractivity contribution < 1.29 is 9.59 Å². The Bertz CT molecular complexity index is 1300. The van der Waals surface area contributed by atoms with Crippen LogP contribution >= 0.6 is 0 Å². The molecule has 37 heavy (non-hydrogen) atoms. The Kier molecular flexibility index (Phi) is 8.75. The highest BCUT2D eigenvalue weighted by Crippen LogP contribution is 2.25. The maximum absolute atomic E-state index is 12.8. The van der Waals surface area contributed by atoms with E-state index in [-0.39, 0.29) is 24.3 Å². The second kappa shape index (κ2) is 12.6. The molecule has 0 spiro atoms. The van der Waals surface area contributed by atoms with Crippen molar-refractivity contribution >= 4 is 11.8 Å².